The molecule has 6 nitrogen and oxygen atoms in total. The SMILES string of the molecule is CCCOc1cc(NCC2=CCNCC2)cc([N+](=O)[O-])c1. The Labute approximate surface area is 124 Å². The van der Waals surface area contributed by atoms with Crippen molar-refractivity contribution in [2.24, 2.45) is 0 Å². The van der Waals surface area contributed by atoms with E-state index in [0.29, 0.717) is 18.9 Å². The quantitative estimate of drug-likeness (QED) is 0.459. The van der Waals surface area contributed by atoms with Crippen LogP contribution in [-0.4, -0.2) is 31.2 Å². The number of ether oxygens (including phenoxy) is 1. The zero-order valence-corrected chi connectivity index (χ0v) is 12.2. The van der Waals surface area contributed by atoms with Gasteiger partial charge in [-0.1, -0.05) is 18.6 Å². The summed E-state index contributed by atoms with van der Waals surface area (Å²) < 4.78 is 5.51. The van der Waals surface area contributed by atoms with E-state index in [1.165, 1.54) is 11.6 Å². The molecule has 0 aliphatic carbocycles. The molecule has 2 N–H and O–H groups in total. The largest absolute Gasteiger partial charge is 0.493 e. The summed E-state index contributed by atoms with van der Waals surface area (Å²) in [5.41, 5.74) is 2.08. The van der Waals surface area contributed by atoms with Crippen molar-refractivity contribution in [2.45, 2.75) is 19.8 Å². The zero-order chi connectivity index (χ0) is 15.1. The van der Waals surface area contributed by atoms with Crippen molar-refractivity contribution in [3.63, 3.8) is 0 Å². The summed E-state index contributed by atoms with van der Waals surface area (Å²) >= 11 is 0. The van der Waals surface area contributed by atoms with Gasteiger partial charge >= 0.3 is 0 Å². The second-order valence-corrected chi connectivity index (χ2v) is 4.99. The van der Waals surface area contributed by atoms with Gasteiger partial charge in [-0.3, -0.25) is 10.1 Å². The molecule has 114 valence electrons. The maximum absolute atomic E-state index is 11.0. The second kappa shape index (κ2) is 7.64. The number of hydrogen-bond acceptors (Lipinski definition) is 5. The van der Waals surface area contributed by atoms with Gasteiger partial charge in [-0.05, 0) is 19.4 Å². The Morgan fingerprint density at radius 2 is 2.29 bits per heavy atom. The van der Waals surface area contributed by atoms with Crippen LogP contribution >= 0.6 is 0 Å². The van der Waals surface area contributed by atoms with Crippen LogP contribution in [0.15, 0.2) is 29.8 Å². The monoisotopic (exact) mass is 291 g/mol. The molecule has 0 atom stereocenters. The van der Waals surface area contributed by atoms with Crippen molar-refractivity contribution < 1.29 is 9.66 Å². The van der Waals surface area contributed by atoms with Crippen LogP contribution in [0.2, 0.25) is 0 Å². The van der Waals surface area contributed by atoms with E-state index in [0.717, 1.165) is 31.6 Å². The Balaban J connectivity index is 2.07. The minimum atomic E-state index is -0.395. The van der Waals surface area contributed by atoms with Crippen LogP contribution in [0.1, 0.15) is 19.8 Å². The first kappa shape index (κ1) is 15.3. The van der Waals surface area contributed by atoms with Crippen LogP contribution in [0.25, 0.3) is 0 Å². The Morgan fingerprint density at radius 3 is 2.95 bits per heavy atom. The molecule has 0 radical (unpaired) electrons. The molecule has 1 aliphatic heterocycles. The highest BCUT2D eigenvalue weighted by atomic mass is 16.6. The van der Waals surface area contributed by atoms with Crippen molar-refractivity contribution in [2.75, 3.05) is 31.6 Å². The Hall–Kier alpha value is -2.08. The summed E-state index contributed by atoms with van der Waals surface area (Å²) in [5, 5.41) is 17.5. The fourth-order valence-electron chi connectivity index (χ4n) is 2.14. The smallest absolute Gasteiger partial charge is 0.275 e. The number of nitrogens with one attached hydrogen (secondary N) is 2. The highest BCUT2D eigenvalue weighted by Crippen LogP contribution is 2.26. The number of nitro benzene ring substituents is 1. The van der Waals surface area contributed by atoms with Crippen molar-refractivity contribution in [1.29, 1.82) is 0 Å². The van der Waals surface area contributed by atoms with Crippen LogP contribution in [0, 0.1) is 10.1 Å². The van der Waals surface area contributed by atoms with Gasteiger partial charge in [0.15, 0.2) is 0 Å². The minimum absolute atomic E-state index is 0.0467. The number of nitro groups is 1. The van der Waals surface area contributed by atoms with Crippen LogP contribution < -0.4 is 15.4 Å². The van der Waals surface area contributed by atoms with Gasteiger partial charge < -0.3 is 15.4 Å². The highest BCUT2D eigenvalue weighted by molar-refractivity contribution is 5.56. The molecule has 0 unspecified atom stereocenters. The van der Waals surface area contributed by atoms with Gasteiger partial charge in [-0.2, -0.15) is 0 Å². The first-order valence-corrected chi connectivity index (χ1v) is 7.24. The van der Waals surface area contributed by atoms with Gasteiger partial charge in [-0.15, -0.1) is 0 Å². The molecule has 0 aromatic heterocycles. The van der Waals surface area contributed by atoms with E-state index >= 15 is 0 Å². The van der Waals surface area contributed by atoms with Crippen LogP contribution in [0.3, 0.4) is 0 Å². The summed E-state index contributed by atoms with van der Waals surface area (Å²) in [4.78, 5) is 10.6. The Morgan fingerprint density at radius 1 is 1.43 bits per heavy atom. The standard InChI is InChI=1S/C15H21N3O3/c1-2-7-21-15-9-13(8-14(10-15)18(19)20)17-11-12-3-5-16-6-4-12/h3,8-10,16-17H,2,4-7,11H2,1H3. The second-order valence-electron chi connectivity index (χ2n) is 4.99. The molecule has 0 spiro atoms. The summed E-state index contributed by atoms with van der Waals surface area (Å²) in [5.74, 6) is 0.535. The van der Waals surface area contributed by atoms with Crippen molar-refractivity contribution in [1.82, 2.24) is 5.32 Å². The van der Waals surface area contributed by atoms with Crippen molar-refractivity contribution in [3.8, 4) is 5.75 Å². The predicted octanol–water partition coefficient (Wildman–Crippen LogP) is 2.72. The molecule has 1 aromatic rings. The first-order valence-electron chi connectivity index (χ1n) is 7.24. The highest BCUT2D eigenvalue weighted by Gasteiger charge is 2.11. The number of anilines is 1. The lowest BCUT2D eigenvalue weighted by atomic mass is 10.1. The van der Waals surface area contributed by atoms with E-state index in [9.17, 15) is 10.1 Å². The van der Waals surface area contributed by atoms with Gasteiger partial charge in [0.2, 0.25) is 0 Å². The molecule has 1 heterocycles. The molecule has 2 rings (SSSR count). The average Bonchev–Trinajstić information content (AvgIpc) is 2.51. The van der Waals surface area contributed by atoms with Crippen molar-refractivity contribution in [3.05, 3.63) is 40.0 Å². The third-order valence-electron chi connectivity index (χ3n) is 3.25. The van der Waals surface area contributed by atoms with E-state index < -0.39 is 4.92 Å². The molecule has 21 heavy (non-hydrogen) atoms. The lowest BCUT2D eigenvalue weighted by molar-refractivity contribution is -0.384. The molecular formula is C15H21N3O3. The van der Waals surface area contributed by atoms with E-state index in [1.807, 2.05) is 13.0 Å². The fourth-order valence-corrected chi connectivity index (χ4v) is 2.14. The van der Waals surface area contributed by atoms with Crippen LogP contribution in [-0.2, 0) is 0 Å². The molecular weight excluding hydrogens is 270 g/mol. The van der Waals surface area contributed by atoms with Crippen LogP contribution in [0.5, 0.6) is 5.75 Å². The van der Waals surface area contributed by atoms with Gasteiger partial charge in [-0.25, -0.2) is 0 Å². The molecule has 6 heteroatoms. The number of rotatable bonds is 7. The summed E-state index contributed by atoms with van der Waals surface area (Å²) in [6, 6.07) is 4.81. The average molecular weight is 291 g/mol. The van der Waals surface area contributed by atoms with Crippen LogP contribution in [0.4, 0.5) is 11.4 Å². The summed E-state index contributed by atoms with van der Waals surface area (Å²) in [6.07, 6.45) is 4.02. The van der Waals surface area contributed by atoms with E-state index in [2.05, 4.69) is 16.7 Å². The maximum atomic E-state index is 11.0. The van der Waals surface area contributed by atoms with Gasteiger partial charge in [0.1, 0.15) is 5.75 Å². The summed E-state index contributed by atoms with van der Waals surface area (Å²) in [7, 11) is 0. The minimum Gasteiger partial charge on any atom is -0.493 e. The number of nitrogens with zero attached hydrogens (tertiary/aromatic N) is 1. The normalized spacial score (nSPS) is 14.4. The molecule has 0 amide bonds. The van der Waals surface area contributed by atoms with Gasteiger partial charge in [0.25, 0.3) is 5.69 Å². The summed E-state index contributed by atoms with van der Waals surface area (Å²) in [6.45, 7) is 5.12. The van der Waals surface area contributed by atoms with Gasteiger partial charge in [0.05, 0.1) is 17.6 Å². The molecule has 0 bridgehead atoms. The van der Waals surface area contributed by atoms with Gasteiger partial charge in [0, 0.05) is 30.9 Å². The third kappa shape index (κ3) is 4.75. The van der Waals surface area contributed by atoms with E-state index in [1.54, 1.807) is 6.07 Å². The number of hydrogen-bond donors (Lipinski definition) is 2. The molecule has 0 saturated heterocycles. The maximum Gasteiger partial charge on any atom is 0.275 e. The number of non-ortho nitro benzene ring substituents is 1. The van der Waals surface area contributed by atoms with Crippen molar-refractivity contribution >= 4 is 11.4 Å². The molecule has 0 fully saturated rings. The van der Waals surface area contributed by atoms with E-state index in [4.69, 9.17) is 4.74 Å². The molecule has 1 aromatic carbocycles. The third-order valence-corrected chi connectivity index (χ3v) is 3.25. The topological polar surface area (TPSA) is 76.4 Å². The lowest BCUT2D eigenvalue weighted by Gasteiger charge is -2.15. The predicted molar refractivity (Wildman–Crippen MR) is 82.9 cm³/mol. The molecule has 1 aliphatic rings. The Kier molecular flexibility index (Phi) is 5.57. The number of benzene rings is 1. The van der Waals surface area contributed by atoms with E-state index in [-0.39, 0.29) is 5.69 Å². The lowest BCUT2D eigenvalue weighted by Crippen LogP contribution is -2.23. The Bertz CT molecular complexity index is 529. The fraction of sp³-hybridized carbons (Fsp3) is 0.467. The zero-order valence-electron chi connectivity index (χ0n) is 12.2. The molecule has 0 saturated carbocycles. The first-order chi connectivity index (χ1) is 10.2.